The van der Waals surface area contributed by atoms with E-state index in [1.54, 1.807) is 10.4 Å². The van der Waals surface area contributed by atoms with E-state index in [2.05, 4.69) is 23.6 Å². The molecule has 3 aliphatic rings. The first-order valence-electron chi connectivity index (χ1n) is 4.21. The van der Waals surface area contributed by atoms with E-state index in [4.69, 9.17) is 0 Å². The van der Waals surface area contributed by atoms with Gasteiger partial charge in [0.25, 0.3) is 0 Å². The van der Waals surface area contributed by atoms with Crippen LogP contribution in [0.2, 0.25) is 0 Å². The number of rotatable bonds is 0. The monoisotopic (exact) mass is 162 g/mol. The lowest BCUT2D eigenvalue weighted by molar-refractivity contribution is 0.563. The first-order chi connectivity index (χ1) is 5.45. The van der Waals surface area contributed by atoms with Crippen molar-refractivity contribution in [2.45, 2.75) is 24.7 Å². The average Bonchev–Trinajstić information content (AvgIpc) is 2.55. The number of allylic oxidation sites excluding steroid dienone is 2. The summed E-state index contributed by atoms with van der Waals surface area (Å²) in [5, 5.41) is 2.24. The third kappa shape index (κ3) is 0.694. The zero-order valence-corrected chi connectivity index (χ0v) is 7.10. The molecule has 3 aliphatic carbocycles. The summed E-state index contributed by atoms with van der Waals surface area (Å²) in [6.45, 7) is 0. The highest BCUT2D eigenvalue weighted by Gasteiger charge is 2.29. The van der Waals surface area contributed by atoms with Crippen molar-refractivity contribution in [3.63, 3.8) is 0 Å². The molecule has 11 heavy (non-hydrogen) atoms. The highest BCUT2D eigenvalue weighted by atomic mass is 32.1. The summed E-state index contributed by atoms with van der Waals surface area (Å²) in [6, 6.07) is 2.31. The van der Waals surface area contributed by atoms with Crippen LogP contribution < -0.4 is 0 Å². The van der Waals surface area contributed by atoms with Crippen LogP contribution >= 0.6 is 11.3 Å². The Balaban J connectivity index is 2.25. The number of thiophene rings is 1. The second-order valence-electron chi connectivity index (χ2n) is 3.42. The molecule has 0 spiro atoms. The molecule has 0 fully saturated rings. The Bertz CT molecular complexity index is 280. The molecule has 0 saturated heterocycles. The van der Waals surface area contributed by atoms with E-state index in [1.807, 2.05) is 11.3 Å². The molecule has 0 radical (unpaired) electrons. The molecular weight excluding hydrogens is 152 g/mol. The van der Waals surface area contributed by atoms with Crippen LogP contribution in [0.5, 0.6) is 0 Å². The summed E-state index contributed by atoms with van der Waals surface area (Å²) < 4.78 is 0. The topological polar surface area (TPSA) is 0 Å². The Morgan fingerprint density at radius 3 is 2.73 bits per heavy atom. The van der Waals surface area contributed by atoms with Gasteiger partial charge in [0, 0.05) is 16.7 Å². The van der Waals surface area contributed by atoms with E-state index in [-0.39, 0.29) is 0 Å². The highest BCUT2D eigenvalue weighted by molar-refractivity contribution is 7.10. The molecule has 0 aromatic carbocycles. The van der Waals surface area contributed by atoms with Crippen LogP contribution in [0.3, 0.4) is 0 Å². The molecule has 1 heteroatoms. The van der Waals surface area contributed by atoms with Crippen LogP contribution in [0, 0.1) is 0 Å². The zero-order chi connectivity index (χ0) is 7.26. The van der Waals surface area contributed by atoms with Crippen molar-refractivity contribution in [3.05, 3.63) is 34.0 Å². The second kappa shape index (κ2) is 1.98. The molecular formula is C10H10S. The van der Waals surface area contributed by atoms with E-state index in [1.165, 1.54) is 12.8 Å². The maximum atomic E-state index is 2.40. The number of fused-ring (bicyclic) bond motifs is 1. The molecule has 0 nitrogen and oxygen atoms in total. The maximum Gasteiger partial charge on any atom is 0.0152 e. The SMILES string of the molecule is C1=CC2CCC1c1ccsc12. The minimum atomic E-state index is 0.765. The fourth-order valence-electron chi connectivity index (χ4n) is 2.24. The molecule has 2 bridgehead atoms. The van der Waals surface area contributed by atoms with Gasteiger partial charge < -0.3 is 0 Å². The molecule has 2 atom stereocenters. The third-order valence-corrected chi connectivity index (χ3v) is 3.89. The summed E-state index contributed by atoms with van der Waals surface area (Å²) in [5.74, 6) is 1.54. The van der Waals surface area contributed by atoms with Crippen molar-refractivity contribution < 1.29 is 0 Å². The lowest BCUT2D eigenvalue weighted by atomic mass is 9.76. The molecule has 1 aromatic rings. The van der Waals surface area contributed by atoms with Crippen molar-refractivity contribution in [1.82, 2.24) is 0 Å². The second-order valence-corrected chi connectivity index (χ2v) is 4.36. The largest absolute Gasteiger partial charge is 0.148 e. The summed E-state index contributed by atoms with van der Waals surface area (Å²) in [4.78, 5) is 1.64. The minimum absolute atomic E-state index is 0.765. The fourth-order valence-corrected chi connectivity index (χ4v) is 3.32. The van der Waals surface area contributed by atoms with E-state index in [0.29, 0.717) is 0 Å². The molecule has 1 aromatic heterocycles. The van der Waals surface area contributed by atoms with Crippen molar-refractivity contribution in [2.24, 2.45) is 0 Å². The van der Waals surface area contributed by atoms with Gasteiger partial charge in [0.2, 0.25) is 0 Å². The third-order valence-electron chi connectivity index (χ3n) is 2.83. The highest BCUT2D eigenvalue weighted by Crippen LogP contribution is 2.47. The van der Waals surface area contributed by atoms with Crippen molar-refractivity contribution in [2.75, 3.05) is 0 Å². The van der Waals surface area contributed by atoms with Crippen LogP contribution in [0.4, 0.5) is 0 Å². The average molecular weight is 162 g/mol. The van der Waals surface area contributed by atoms with Gasteiger partial charge in [-0.15, -0.1) is 11.3 Å². The summed E-state index contributed by atoms with van der Waals surface area (Å²) in [6.07, 6.45) is 7.55. The Morgan fingerprint density at radius 2 is 2.00 bits per heavy atom. The van der Waals surface area contributed by atoms with E-state index in [0.717, 1.165) is 11.8 Å². The van der Waals surface area contributed by atoms with Gasteiger partial charge in [-0.2, -0.15) is 0 Å². The van der Waals surface area contributed by atoms with Crippen molar-refractivity contribution in [1.29, 1.82) is 0 Å². The van der Waals surface area contributed by atoms with Gasteiger partial charge in [-0.3, -0.25) is 0 Å². The van der Waals surface area contributed by atoms with Gasteiger partial charge in [0.15, 0.2) is 0 Å². The Labute approximate surface area is 70.6 Å². The normalized spacial score (nSPS) is 32.4. The molecule has 1 heterocycles. The predicted octanol–water partition coefficient (Wildman–Crippen LogP) is 3.28. The lowest BCUT2D eigenvalue weighted by Gasteiger charge is -2.30. The molecule has 4 rings (SSSR count). The lowest BCUT2D eigenvalue weighted by Crippen LogP contribution is -2.13. The summed E-state index contributed by atoms with van der Waals surface area (Å²) in [7, 11) is 0. The summed E-state index contributed by atoms with van der Waals surface area (Å²) in [5.41, 5.74) is 1.62. The summed E-state index contributed by atoms with van der Waals surface area (Å²) >= 11 is 1.94. The molecule has 0 aliphatic heterocycles. The van der Waals surface area contributed by atoms with Crippen LogP contribution in [-0.2, 0) is 0 Å². The Kier molecular flexibility index (Phi) is 1.08. The minimum Gasteiger partial charge on any atom is -0.148 e. The van der Waals surface area contributed by atoms with Crippen LogP contribution in [-0.4, -0.2) is 0 Å². The van der Waals surface area contributed by atoms with Crippen molar-refractivity contribution in [3.8, 4) is 0 Å². The molecule has 0 N–H and O–H groups in total. The molecule has 56 valence electrons. The van der Waals surface area contributed by atoms with Crippen LogP contribution in [0.1, 0.15) is 35.1 Å². The van der Waals surface area contributed by atoms with Crippen LogP contribution in [0.25, 0.3) is 0 Å². The molecule has 0 saturated carbocycles. The van der Waals surface area contributed by atoms with E-state index in [9.17, 15) is 0 Å². The number of hydrogen-bond acceptors (Lipinski definition) is 1. The fraction of sp³-hybridized carbons (Fsp3) is 0.400. The quantitative estimate of drug-likeness (QED) is 0.513. The van der Waals surface area contributed by atoms with Gasteiger partial charge >= 0.3 is 0 Å². The van der Waals surface area contributed by atoms with Crippen molar-refractivity contribution >= 4 is 11.3 Å². The van der Waals surface area contributed by atoms with E-state index < -0.39 is 0 Å². The molecule has 2 unspecified atom stereocenters. The predicted molar refractivity (Wildman–Crippen MR) is 48.2 cm³/mol. The van der Waals surface area contributed by atoms with Gasteiger partial charge in [0.05, 0.1) is 0 Å². The maximum absolute atomic E-state index is 2.40. The van der Waals surface area contributed by atoms with Gasteiger partial charge in [-0.1, -0.05) is 12.2 Å². The van der Waals surface area contributed by atoms with E-state index >= 15 is 0 Å². The Hall–Kier alpha value is -0.560. The van der Waals surface area contributed by atoms with Crippen LogP contribution in [0.15, 0.2) is 23.6 Å². The first-order valence-corrected chi connectivity index (χ1v) is 5.09. The smallest absolute Gasteiger partial charge is 0.0152 e. The number of hydrogen-bond donors (Lipinski definition) is 0. The van der Waals surface area contributed by atoms with Gasteiger partial charge in [0.1, 0.15) is 0 Å². The van der Waals surface area contributed by atoms with Gasteiger partial charge in [-0.25, -0.2) is 0 Å². The van der Waals surface area contributed by atoms with Gasteiger partial charge in [-0.05, 0) is 29.9 Å². The first kappa shape index (κ1) is 6.01. The zero-order valence-electron chi connectivity index (χ0n) is 6.29. The Morgan fingerprint density at radius 1 is 1.18 bits per heavy atom. The molecule has 0 amide bonds. The standard InChI is InChI=1S/C10H10S/c1-3-8-4-2-7(1)9-5-6-11-10(8)9/h1,3,5-8H,2,4H2.